The monoisotopic (exact) mass is 310 g/mol. The molecule has 0 unspecified atom stereocenters. The van der Waals surface area contributed by atoms with Crippen molar-refractivity contribution in [2.75, 3.05) is 5.32 Å². The number of hydrogen-bond acceptors (Lipinski definition) is 3. The van der Waals surface area contributed by atoms with E-state index in [9.17, 15) is 9.18 Å². The van der Waals surface area contributed by atoms with Crippen molar-refractivity contribution in [3.05, 3.63) is 45.7 Å². The second kappa shape index (κ2) is 5.50. The maximum Gasteiger partial charge on any atom is 0.257 e. The van der Waals surface area contributed by atoms with Crippen LogP contribution in [-0.2, 0) is 0 Å². The Morgan fingerprint density at radius 1 is 1.45 bits per heavy atom. The minimum atomic E-state index is -0.537. The summed E-state index contributed by atoms with van der Waals surface area (Å²) in [4.78, 5) is 17.4. The number of thiazole rings is 1. The van der Waals surface area contributed by atoms with Crippen molar-refractivity contribution in [1.29, 1.82) is 0 Å². The average Bonchev–Trinajstić information content (AvgIpc) is 2.78. The minimum Gasteiger partial charge on any atom is -0.298 e. The van der Waals surface area contributed by atoms with E-state index in [4.69, 9.17) is 11.6 Å². The van der Waals surface area contributed by atoms with Gasteiger partial charge in [0, 0.05) is 16.6 Å². The first-order chi connectivity index (χ1) is 9.63. The topological polar surface area (TPSA) is 42.0 Å². The van der Waals surface area contributed by atoms with Gasteiger partial charge < -0.3 is 0 Å². The molecule has 1 aliphatic rings. The summed E-state index contributed by atoms with van der Waals surface area (Å²) in [6.45, 7) is 0. The summed E-state index contributed by atoms with van der Waals surface area (Å²) < 4.78 is 13.1. The predicted molar refractivity (Wildman–Crippen MR) is 78.1 cm³/mol. The fraction of sp³-hybridized carbons (Fsp3) is 0.286. The Labute approximate surface area is 124 Å². The van der Waals surface area contributed by atoms with E-state index in [1.54, 1.807) is 0 Å². The second-order valence-corrected chi connectivity index (χ2v) is 6.25. The zero-order chi connectivity index (χ0) is 14.1. The molecule has 20 heavy (non-hydrogen) atoms. The minimum absolute atomic E-state index is 0.0630. The number of carbonyl (C=O) groups is 1. The lowest BCUT2D eigenvalue weighted by Gasteiger charge is -2.23. The van der Waals surface area contributed by atoms with Crippen LogP contribution in [-0.4, -0.2) is 10.9 Å². The van der Waals surface area contributed by atoms with Crippen LogP contribution in [0.5, 0.6) is 0 Å². The normalized spacial score (nSPS) is 14.9. The molecular formula is C14H12ClFN2OS. The first kappa shape index (κ1) is 13.5. The van der Waals surface area contributed by atoms with E-state index in [2.05, 4.69) is 10.3 Å². The summed E-state index contributed by atoms with van der Waals surface area (Å²) in [6.07, 6.45) is 5.48. The molecule has 0 radical (unpaired) electrons. The van der Waals surface area contributed by atoms with Crippen molar-refractivity contribution in [2.45, 2.75) is 25.2 Å². The second-order valence-electron chi connectivity index (χ2n) is 4.78. The molecule has 1 N–H and O–H groups in total. The molecule has 3 rings (SSSR count). The van der Waals surface area contributed by atoms with Gasteiger partial charge in [-0.05, 0) is 37.0 Å². The van der Waals surface area contributed by atoms with Crippen molar-refractivity contribution in [1.82, 2.24) is 4.98 Å². The molecule has 104 valence electrons. The molecule has 0 bridgehead atoms. The van der Waals surface area contributed by atoms with E-state index >= 15 is 0 Å². The number of carbonyl (C=O) groups excluding carboxylic acids is 1. The number of benzene rings is 1. The van der Waals surface area contributed by atoms with Gasteiger partial charge in [0.15, 0.2) is 5.13 Å². The van der Waals surface area contributed by atoms with E-state index in [1.807, 2.05) is 6.20 Å². The Balaban J connectivity index is 1.71. The van der Waals surface area contributed by atoms with Crippen LogP contribution in [0.3, 0.4) is 0 Å². The molecule has 2 aromatic rings. The van der Waals surface area contributed by atoms with Crippen LogP contribution < -0.4 is 5.32 Å². The summed E-state index contributed by atoms with van der Waals surface area (Å²) in [5, 5.41) is 3.22. The highest BCUT2D eigenvalue weighted by Gasteiger charge is 2.22. The van der Waals surface area contributed by atoms with Gasteiger partial charge >= 0.3 is 0 Å². The third-order valence-corrected chi connectivity index (χ3v) is 4.80. The molecule has 1 aliphatic carbocycles. The van der Waals surface area contributed by atoms with Gasteiger partial charge in [-0.2, -0.15) is 0 Å². The summed E-state index contributed by atoms with van der Waals surface area (Å²) >= 11 is 7.16. The quantitative estimate of drug-likeness (QED) is 0.909. The van der Waals surface area contributed by atoms with Crippen molar-refractivity contribution >= 4 is 34.0 Å². The molecule has 6 heteroatoms. The Hall–Kier alpha value is -1.46. The van der Waals surface area contributed by atoms with Gasteiger partial charge in [0.25, 0.3) is 5.91 Å². The molecule has 0 aliphatic heterocycles. The highest BCUT2D eigenvalue weighted by Crippen LogP contribution is 2.39. The molecule has 0 saturated heterocycles. The number of halogens is 2. The van der Waals surface area contributed by atoms with Gasteiger partial charge in [0.05, 0.1) is 5.02 Å². The van der Waals surface area contributed by atoms with E-state index in [0.29, 0.717) is 16.6 Å². The third kappa shape index (κ3) is 2.69. The Morgan fingerprint density at radius 3 is 2.90 bits per heavy atom. The van der Waals surface area contributed by atoms with Crippen molar-refractivity contribution in [2.24, 2.45) is 0 Å². The van der Waals surface area contributed by atoms with Crippen molar-refractivity contribution < 1.29 is 9.18 Å². The largest absolute Gasteiger partial charge is 0.298 e. The molecule has 1 aromatic carbocycles. The summed E-state index contributed by atoms with van der Waals surface area (Å²) in [5.74, 6) is -0.274. The molecule has 0 atom stereocenters. The predicted octanol–water partition coefficient (Wildman–Crippen LogP) is 4.46. The Bertz CT molecular complexity index is 654. The number of rotatable bonds is 3. The third-order valence-electron chi connectivity index (χ3n) is 3.43. The number of nitrogens with one attached hydrogen (secondary N) is 1. The van der Waals surface area contributed by atoms with E-state index in [0.717, 1.165) is 0 Å². The lowest BCUT2D eigenvalue weighted by Crippen LogP contribution is -2.11. The number of aromatic nitrogens is 1. The van der Waals surface area contributed by atoms with Crippen molar-refractivity contribution in [3.63, 3.8) is 0 Å². The van der Waals surface area contributed by atoms with Crippen LogP contribution in [0.15, 0.2) is 24.4 Å². The Morgan fingerprint density at radius 2 is 2.25 bits per heavy atom. The molecule has 1 saturated carbocycles. The summed E-state index contributed by atoms with van der Waals surface area (Å²) in [7, 11) is 0. The van der Waals surface area contributed by atoms with Gasteiger partial charge in [0.1, 0.15) is 5.82 Å². The van der Waals surface area contributed by atoms with E-state index in [1.165, 1.54) is 53.7 Å². The van der Waals surface area contributed by atoms with E-state index in [-0.39, 0.29) is 10.9 Å². The number of anilines is 1. The maximum atomic E-state index is 13.1. The number of nitrogens with zero attached hydrogens (tertiary/aromatic N) is 1. The van der Waals surface area contributed by atoms with Crippen LogP contribution in [0.4, 0.5) is 9.52 Å². The van der Waals surface area contributed by atoms with Gasteiger partial charge in [0.2, 0.25) is 0 Å². The highest BCUT2D eigenvalue weighted by molar-refractivity contribution is 7.15. The van der Waals surface area contributed by atoms with Crippen LogP contribution in [0.2, 0.25) is 5.02 Å². The van der Waals surface area contributed by atoms with Crippen LogP contribution in [0.25, 0.3) is 0 Å². The van der Waals surface area contributed by atoms with Gasteiger partial charge in [-0.3, -0.25) is 10.1 Å². The van der Waals surface area contributed by atoms with Gasteiger partial charge in [-0.1, -0.05) is 18.0 Å². The Kier molecular flexibility index (Phi) is 3.72. The van der Waals surface area contributed by atoms with Crippen LogP contribution in [0, 0.1) is 5.82 Å². The molecule has 1 heterocycles. The SMILES string of the molecule is O=C(Nc1ncc(C2CCC2)s1)c1ccc(F)c(Cl)c1. The fourth-order valence-corrected chi connectivity index (χ4v) is 3.19. The zero-order valence-electron chi connectivity index (χ0n) is 10.5. The molecule has 1 amide bonds. The molecule has 0 spiro atoms. The van der Waals surface area contributed by atoms with Crippen molar-refractivity contribution in [3.8, 4) is 0 Å². The molecule has 1 aromatic heterocycles. The molecule has 3 nitrogen and oxygen atoms in total. The lowest BCUT2D eigenvalue weighted by atomic mass is 9.85. The smallest absolute Gasteiger partial charge is 0.257 e. The first-order valence-electron chi connectivity index (χ1n) is 6.35. The molecular weight excluding hydrogens is 299 g/mol. The molecule has 1 fully saturated rings. The summed E-state index contributed by atoms with van der Waals surface area (Å²) in [5.41, 5.74) is 0.316. The lowest BCUT2D eigenvalue weighted by molar-refractivity contribution is 0.102. The summed E-state index contributed by atoms with van der Waals surface area (Å²) in [6, 6.07) is 3.89. The zero-order valence-corrected chi connectivity index (χ0v) is 12.1. The van der Waals surface area contributed by atoms with Crippen LogP contribution in [0.1, 0.15) is 40.4 Å². The van der Waals surface area contributed by atoms with Crippen LogP contribution >= 0.6 is 22.9 Å². The maximum absolute atomic E-state index is 13.1. The van der Waals surface area contributed by atoms with Gasteiger partial charge in [-0.15, -0.1) is 11.3 Å². The first-order valence-corrected chi connectivity index (χ1v) is 7.55. The average molecular weight is 311 g/mol. The number of hydrogen-bond donors (Lipinski definition) is 1. The highest BCUT2D eigenvalue weighted by atomic mass is 35.5. The fourth-order valence-electron chi connectivity index (χ4n) is 2.03. The number of amides is 1. The van der Waals surface area contributed by atoms with E-state index < -0.39 is 5.82 Å². The standard InChI is InChI=1S/C14H12ClFN2OS/c15-10-6-9(4-5-11(10)16)13(19)18-14-17-7-12(20-14)8-2-1-3-8/h4-8H,1-3H2,(H,17,18,19). The van der Waals surface area contributed by atoms with Gasteiger partial charge in [-0.25, -0.2) is 9.37 Å².